The Balaban J connectivity index is 2.27. The third-order valence-corrected chi connectivity index (χ3v) is 4.79. The van der Waals surface area contributed by atoms with E-state index in [4.69, 9.17) is 11.6 Å². The fourth-order valence-corrected chi connectivity index (χ4v) is 2.91. The summed E-state index contributed by atoms with van der Waals surface area (Å²) >= 11 is 5.62. The topological polar surface area (TPSA) is 50.3 Å². The van der Waals surface area contributed by atoms with Gasteiger partial charge in [0.15, 0.2) is 5.03 Å². The molecule has 88 valence electrons. The molecule has 0 radical (unpaired) electrons. The third kappa shape index (κ3) is 2.21. The van der Waals surface area contributed by atoms with E-state index in [2.05, 4.69) is 4.98 Å². The van der Waals surface area contributed by atoms with E-state index in [9.17, 15) is 8.42 Å². The molecule has 1 heterocycles. The summed E-state index contributed by atoms with van der Waals surface area (Å²) in [7, 11) is -1.82. The highest BCUT2D eigenvalue weighted by molar-refractivity contribution is 7.89. The summed E-state index contributed by atoms with van der Waals surface area (Å²) in [6, 6.07) is 3.35. The zero-order valence-electron chi connectivity index (χ0n) is 8.93. The van der Waals surface area contributed by atoms with Gasteiger partial charge in [-0.2, -0.15) is 4.31 Å². The molecule has 4 nitrogen and oxygen atoms in total. The molecule has 0 aliphatic heterocycles. The van der Waals surface area contributed by atoms with Gasteiger partial charge in [-0.25, -0.2) is 13.4 Å². The first-order valence-corrected chi connectivity index (χ1v) is 7.02. The molecule has 16 heavy (non-hydrogen) atoms. The lowest BCUT2D eigenvalue weighted by Gasteiger charge is -2.15. The molecule has 1 aromatic heterocycles. The Morgan fingerprint density at radius 2 is 2.19 bits per heavy atom. The smallest absolute Gasteiger partial charge is 0.243 e. The Morgan fingerprint density at radius 3 is 2.62 bits per heavy atom. The maximum absolute atomic E-state index is 12.0. The SMILES string of the molecule is CN(C1CC1)S(=O)(=O)c1ccc(CCl)cn1. The van der Waals surface area contributed by atoms with Gasteiger partial charge in [0.25, 0.3) is 10.0 Å². The van der Waals surface area contributed by atoms with E-state index in [1.165, 1.54) is 16.6 Å². The summed E-state index contributed by atoms with van der Waals surface area (Å²) in [5.41, 5.74) is 0.815. The van der Waals surface area contributed by atoms with Gasteiger partial charge < -0.3 is 0 Å². The van der Waals surface area contributed by atoms with Crippen LogP contribution in [-0.2, 0) is 15.9 Å². The molecule has 0 amide bonds. The van der Waals surface area contributed by atoms with Crippen molar-refractivity contribution in [3.8, 4) is 0 Å². The second-order valence-electron chi connectivity index (χ2n) is 3.89. The fourth-order valence-electron chi connectivity index (χ4n) is 1.42. The summed E-state index contributed by atoms with van der Waals surface area (Å²) in [5.74, 6) is 0.339. The number of sulfonamides is 1. The first kappa shape index (κ1) is 11.8. The normalized spacial score (nSPS) is 16.7. The Hall–Kier alpha value is -0.650. The fraction of sp³-hybridized carbons (Fsp3) is 0.500. The van der Waals surface area contributed by atoms with Crippen molar-refractivity contribution in [2.24, 2.45) is 0 Å². The number of hydrogen-bond donors (Lipinski definition) is 0. The first-order chi connectivity index (χ1) is 7.55. The van der Waals surface area contributed by atoms with Crippen molar-refractivity contribution in [2.75, 3.05) is 7.05 Å². The Morgan fingerprint density at radius 1 is 1.50 bits per heavy atom. The van der Waals surface area contributed by atoms with Gasteiger partial charge in [-0.1, -0.05) is 6.07 Å². The maximum atomic E-state index is 12.0. The van der Waals surface area contributed by atoms with E-state index >= 15 is 0 Å². The predicted octanol–water partition coefficient (Wildman–Crippen LogP) is 1.60. The van der Waals surface area contributed by atoms with Crippen LogP contribution < -0.4 is 0 Å². The molecule has 1 aromatic rings. The zero-order valence-corrected chi connectivity index (χ0v) is 10.5. The molecule has 1 aliphatic rings. The number of nitrogens with zero attached hydrogens (tertiary/aromatic N) is 2. The molecule has 1 fully saturated rings. The molecule has 0 unspecified atom stereocenters. The van der Waals surface area contributed by atoms with E-state index in [1.807, 2.05) is 0 Å². The van der Waals surface area contributed by atoms with E-state index < -0.39 is 10.0 Å². The van der Waals surface area contributed by atoms with Crippen LogP contribution in [-0.4, -0.2) is 30.8 Å². The molecule has 0 bridgehead atoms. The zero-order chi connectivity index (χ0) is 11.8. The van der Waals surface area contributed by atoms with Crippen LogP contribution in [0.15, 0.2) is 23.4 Å². The summed E-state index contributed by atoms with van der Waals surface area (Å²) in [5, 5.41) is 0.0933. The number of aromatic nitrogens is 1. The molecule has 2 rings (SSSR count). The molecule has 1 saturated carbocycles. The largest absolute Gasteiger partial charge is 0.260 e. The van der Waals surface area contributed by atoms with Gasteiger partial charge in [-0.3, -0.25) is 0 Å². The molecule has 1 aliphatic carbocycles. The van der Waals surface area contributed by atoms with E-state index in [0.29, 0.717) is 5.88 Å². The molecule has 0 atom stereocenters. The minimum atomic E-state index is -3.42. The highest BCUT2D eigenvalue weighted by Crippen LogP contribution is 2.29. The summed E-state index contributed by atoms with van der Waals surface area (Å²) in [6.45, 7) is 0. The molecular weight excluding hydrogens is 248 g/mol. The van der Waals surface area contributed by atoms with Gasteiger partial charge in [-0.15, -0.1) is 11.6 Å². The van der Waals surface area contributed by atoms with Gasteiger partial charge in [0.05, 0.1) is 0 Å². The lowest BCUT2D eigenvalue weighted by atomic mass is 10.3. The molecule has 6 heteroatoms. The Bertz CT molecular complexity index is 468. The van der Waals surface area contributed by atoms with E-state index in [-0.39, 0.29) is 11.1 Å². The summed E-state index contributed by atoms with van der Waals surface area (Å²) in [6.07, 6.45) is 3.38. The van der Waals surface area contributed by atoms with E-state index in [0.717, 1.165) is 18.4 Å². The minimum Gasteiger partial charge on any atom is -0.243 e. The first-order valence-electron chi connectivity index (χ1n) is 5.04. The van der Waals surface area contributed by atoms with Crippen molar-refractivity contribution >= 4 is 21.6 Å². The van der Waals surface area contributed by atoms with Crippen molar-refractivity contribution < 1.29 is 8.42 Å². The van der Waals surface area contributed by atoms with Crippen LogP contribution in [0.25, 0.3) is 0 Å². The standard InChI is InChI=1S/C10H13ClN2O2S/c1-13(9-3-4-9)16(14,15)10-5-2-8(6-11)7-12-10/h2,5,7,9H,3-4,6H2,1H3. The predicted molar refractivity (Wildman–Crippen MR) is 61.8 cm³/mol. The number of rotatable bonds is 4. The number of pyridine rings is 1. The number of alkyl halides is 1. The van der Waals surface area contributed by atoms with Crippen LogP contribution in [0.4, 0.5) is 0 Å². The van der Waals surface area contributed by atoms with Gasteiger partial charge in [0, 0.05) is 25.2 Å². The quantitative estimate of drug-likeness (QED) is 0.773. The van der Waals surface area contributed by atoms with Crippen molar-refractivity contribution in [1.82, 2.24) is 9.29 Å². The molecular formula is C10H13ClN2O2S. The molecule has 0 N–H and O–H groups in total. The minimum absolute atomic E-state index is 0.0933. The van der Waals surface area contributed by atoms with Crippen LogP contribution >= 0.6 is 11.6 Å². The van der Waals surface area contributed by atoms with Crippen LogP contribution in [0.3, 0.4) is 0 Å². The monoisotopic (exact) mass is 260 g/mol. The number of halogens is 1. The number of hydrogen-bond acceptors (Lipinski definition) is 3. The van der Waals surface area contributed by atoms with Crippen LogP contribution in [0, 0.1) is 0 Å². The van der Waals surface area contributed by atoms with Gasteiger partial charge >= 0.3 is 0 Å². The van der Waals surface area contributed by atoms with Gasteiger partial charge in [0.2, 0.25) is 0 Å². The lowest BCUT2D eigenvalue weighted by molar-refractivity contribution is 0.461. The molecule has 0 spiro atoms. The van der Waals surface area contributed by atoms with Gasteiger partial charge in [-0.05, 0) is 24.5 Å². The maximum Gasteiger partial charge on any atom is 0.260 e. The van der Waals surface area contributed by atoms with Crippen LogP contribution in [0.1, 0.15) is 18.4 Å². The second-order valence-corrected chi connectivity index (χ2v) is 6.10. The highest BCUT2D eigenvalue weighted by Gasteiger charge is 2.35. The average Bonchev–Trinajstić information content (AvgIpc) is 3.12. The Kier molecular flexibility index (Phi) is 3.19. The van der Waals surface area contributed by atoms with Gasteiger partial charge in [0.1, 0.15) is 0 Å². The summed E-state index contributed by atoms with van der Waals surface area (Å²) < 4.78 is 25.5. The van der Waals surface area contributed by atoms with Crippen LogP contribution in [0.5, 0.6) is 0 Å². The molecule has 0 saturated heterocycles. The second kappa shape index (κ2) is 4.31. The molecule has 0 aromatic carbocycles. The summed E-state index contributed by atoms with van der Waals surface area (Å²) in [4.78, 5) is 3.94. The Labute approximate surface area is 100 Å². The van der Waals surface area contributed by atoms with Crippen molar-refractivity contribution in [3.63, 3.8) is 0 Å². The van der Waals surface area contributed by atoms with Crippen LogP contribution in [0.2, 0.25) is 0 Å². The lowest BCUT2D eigenvalue weighted by Crippen LogP contribution is -2.29. The van der Waals surface area contributed by atoms with E-state index in [1.54, 1.807) is 13.1 Å². The van der Waals surface area contributed by atoms with Crippen molar-refractivity contribution in [3.05, 3.63) is 23.9 Å². The highest BCUT2D eigenvalue weighted by atomic mass is 35.5. The van der Waals surface area contributed by atoms with Crippen molar-refractivity contribution in [1.29, 1.82) is 0 Å². The average molecular weight is 261 g/mol. The third-order valence-electron chi connectivity index (χ3n) is 2.66. The van der Waals surface area contributed by atoms with Crippen molar-refractivity contribution in [2.45, 2.75) is 29.8 Å².